The van der Waals surface area contributed by atoms with Gasteiger partial charge in [-0.2, -0.15) is 5.26 Å². The van der Waals surface area contributed by atoms with E-state index in [-0.39, 0.29) is 106 Å². The number of rotatable bonds is 4. The van der Waals surface area contributed by atoms with Crippen molar-refractivity contribution in [3.8, 4) is 6.07 Å². The molecule has 34 heavy (non-hydrogen) atoms. The number of aryl methyl sites for hydroxylation is 2. The van der Waals surface area contributed by atoms with Crippen LogP contribution in [-0.4, -0.2) is 19.5 Å². The van der Waals surface area contributed by atoms with Crippen LogP contribution in [-0.2, 0) is 10.8 Å². The Balaban J connectivity index is -0.00000139. The Hall–Kier alpha value is -0.314. The Labute approximate surface area is 279 Å². The van der Waals surface area contributed by atoms with Crippen LogP contribution in [0.25, 0.3) is 4.85 Å². The van der Waals surface area contributed by atoms with Gasteiger partial charge in [0.1, 0.15) is 21.0 Å². The van der Waals surface area contributed by atoms with Crippen molar-refractivity contribution in [3.63, 3.8) is 0 Å². The number of aromatic nitrogens is 2. The van der Waals surface area contributed by atoms with Gasteiger partial charge in [-0.25, -0.2) is 19.0 Å². The number of halogens is 4. The molecule has 0 amide bonds. The number of benzene rings is 2. The topological polar surface area (TPSA) is 83.0 Å². The van der Waals surface area contributed by atoms with E-state index in [0.29, 0.717) is 21.8 Å². The molecule has 1 aromatic heterocycles. The molecule has 176 valence electrons. The quantitative estimate of drug-likeness (QED) is 0.140. The van der Waals surface area contributed by atoms with Gasteiger partial charge in [-0.15, -0.1) is 47.2 Å². The molecule has 0 aliphatic heterocycles. The van der Waals surface area contributed by atoms with Crippen LogP contribution in [0.1, 0.15) is 25.5 Å². The van der Waals surface area contributed by atoms with Gasteiger partial charge in [0.15, 0.2) is 5.69 Å². The molecule has 2 aromatic carbocycles. The maximum atomic E-state index is 13.1. The number of hydrogen-bond donors (Lipinski definition) is 1. The Morgan fingerprint density at radius 3 is 2.15 bits per heavy atom. The zero-order chi connectivity index (χ0) is 23.0. The first kappa shape index (κ1) is 35.8. The maximum absolute atomic E-state index is 13.1. The summed E-state index contributed by atoms with van der Waals surface area (Å²) in [5.41, 5.74) is 3.20. The van der Waals surface area contributed by atoms with Gasteiger partial charge in [-0.1, -0.05) is 31.2 Å². The molecule has 1 unspecified atom stereocenters. The summed E-state index contributed by atoms with van der Waals surface area (Å²) in [5.74, 6) is 0.204. The van der Waals surface area contributed by atoms with Crippen molar-refractivity contribution in [1.82, 2.24) is 9.97 Å². The van der Waals surface area contributed by atoms with Gasteiger partial charge in [0.05, 0.1) is 28.4 Å². The van der Waals surface area contributed by atoms with Crippen molar-refractivity contribution >= 4 is 86.9 Å². The van der Waals surface area contributed by atoms with Crippen LogP contribution < -0.4 is 56.7 Å². The standard InChI is InChI=1S/C20H14ClN5OS.CH2Cl2.CH4.HI.K.H/c1-12-8-14(11-22)9-13(2)19(12)28(27)18-10-17(21)25-20(26-18)24-16-6-4-15(23-3)5-7-16;2-1-3;;;;/h4-10H,1-2H3,(H,24,25,26);1H2;1H4;1H;;/q;;;;+1;-1. The summed E-state index contributed by atoms with van der Waals surface area (Å²) in [6, 6.07) is 13.7. The van der Waals surface area contributed by atoms with Crippen molar-refractivity contribution in [1.29, 1.82) is 5.26 Å². The summed E-state index contributed by atoms with van der Waals surface area (Å²) in [7, 11) is -1.59. The normalized spacial score (nSPS) is 9.85. The van der Waals surface area contributed by atoms with E-state index in [2.05, 4.69) is 26.2 Å². The SMILES string of the molecule is C.ClCCl.I.[C-]#[N+]c1ccc(Nc2nc(Cl)cc(S(=O)c3c(C)cc(C#N)cc3C)n2)cc1.[H-].[K+]. The van der Waals surface area contributed by atoms with E-state index >= 15 is 0 Å². The van der Waals surface area contributed by atoms with Crippen molar-refractivity contribution < 1.29 is 57.0 Å². The second-order valence-corrected chi connectivity index (χ2v) is 8.62. The fourth-order valence-corrected chi connectivity index (χ4v) is 4.26. The van der Waals surface area contributed by atoms with E-state index in [1.807, 2.05) is 13.8 Å². The van der Waals surface area contributed by atoms with Gasteiger partial charge in [0.2, 0.25) is 5.95 Å². The van der Waals surface area contributed by atoms with Crippen LogP contribution in [0.5, 0.6) is 0 Å². The largest absolute Gasteiger partial charge is 1.00 e. The van der Waals surface area contributed by atoms with Gasteiger partial charge < -0.3 is 6.74 Å². The summed E-state index contributed by atoms with van der Waals surface area (Å²) in [5, 5.41) is 12.7. The van der Waals surface area contributed by atoms with Crippen LogP contribution in [0, 0.1) is 31.8 Å². The average Bonchev–Trinajstić information content (AvgIpc) is 2.73. The Morgan fingerprint density at radius 1 is 1.15 bits per heavy atom. The molecule has 3 aromatic rings. The van der Waals surface area contributed by atoms with Crippen LogP contribution in [0.4, 0.5) is 17.3 Å². The molecule has 0 fully saturated rings. The van der Waals surface area contributed by atoms with Crippen LogP contribution in [0.15, 0.2) is 52.4 Å². The maximum Gasteiger partial charge on any atom is 1.00 e. The number of alkyl halides is 2. The summed E-state index contributed by atoms with van der Waals surface area (Å²) < 4.78 is 13.1. The molecule has 0 aliphatic carbocycles. The molecule has 0 saturated carbocycles. The second kappa shape index (κ2) is 18.0. The zero-order valence-electron chi connectivity index (χ0n) is 18.9. The van der Waals surface area contributed by atoms with Crippen molar-refractivity contribution in [2.45, 2.75) is 31.2 Å². The first-order valence-corrected chi connectivity index (χ1v) is 11.3. The predicted octanol–water partition coefficient (Wildman–Crippen LogP) is 4.87. The Bertz CT molecular complexity index is 1180. The van der Waals surface area contributed by atoms with E-state index in [4.69, 9.17) is 46.6 Å². The number of nitrogens with zero attached hydrogens (tertiary/aromatic N) is 4. The van der Waals surface area contributed by atoms with Crippen molar-refractivity contribution in [2.24, 2.45) is 0 Å². The molecule has 1 atom stereocenters. The van der Waals surface area contributed by atoms with Gasteiger partial charge >= 0.3 is 51.4 Å². The predicted molar refractivity (Wildman–Crippen MR) is 148 cm³/mol. The first-order valence-electron chi connectivity index (χ1n) is 8.67. The third-order valence-electron chi connectivity index (χ3n) is 3.89. The average molecular weight is 677 g/mol. The van der Waals surface area contributed by atoms with E-state index in [1.54, 1.807) is 36.4 Å². The van der Waals surface area contributed by atoms with Gasteiger partial charge in [0, 0.05) is 11.8 Å². The summed E-state index contributed by atoms with van der Waals surface area (Å²) in [4.78, 5) is 12.4. The molecular weight excluding hydrogens is 655 g/mol. The Kier molecular flexibility index (Phi) is 19.0. The molecule has 0 bridgehead atoms. The van der Waals surface area contributed by atoms with Gasteiger partial charge in [-0.3, -0.25) is 0 Å². The fourth-order valence-electron chi connectivity index (χ4n) is 2.71. The van der Waals surface area contributed by atoms with Crippen molar-refractivity contribution in [2.75, 3.05) is 10.7 Å². The van der Waals surface area contributed by atoms with E-state index < -0.39 is 10.8 Å². The third-order valence-corrected chi connectivity index (χ3v) is 5.69. The molecule has 3 rings (SSSR count). The van der Waals surface area contributed by atoms with Crippen molar-refractivity contribution in [3.05, 3.63) is 75.7 Å². The van der Waals surface area contributed by atoms with Gasteiger partial charge in [0.25, 0.3) is 0 Å². The fraction of sp³-hybridized carbons (Fsp3) is 0.182. The molecule has 1 heterocycles. The number of hydrogen-bond acceptors (Lipinski definition) is 5. The Morgan fingerprint density at radius 2 is 1.68 bits per heavy atom. The number of anilines is 2. The molecule has 12 heteroatoms. The van der Waals surface area contributed by atoms with Crippen LogP contribution in [0.3, 0.4) is 0 Å². The summed E-state index contributed by atoms with van der Waals surface area (Å²) in [6.07, 6.45) is 0. The minimum atomic E-state index is -1.59. The van der Waals surface area contributed by atoms with E-state index in [1.165, 1.54) is 6.07 Å². The smallest absolute Gasteiger partial charge is 1.00 e. The third kappa shape index (κ3) is 10.4. The molecule has 6 nitrogen and oxygen atoms in total. The molecule has 0 radical (unpaired) electrons. The molecule has 0 saturated heterocycles. The molecular formula is C22H22Cl3IKN5OS. The monoisotopic (exact) mass is 675 g/mol. The second-order valence-electron chi connectivity index (χ2n) is 6.06. The molecule has 0 aliphatic rings. The van der Waals surface area contributed by atoms with Crippen LogP contribution >= 0.6 is 58.8 Å². The zero-order valence-corrected chi connectivity index (χ0v) is 26.4. The minimum absolute atomic E-state index is 0. The summed E-state index contributed by atoms with van der Waals surface area (Å²) in [6.45, 7) is 10.6. The minimum Gasteiger partial charge on any atom is -1.00 e. The van der Waals surface area contributed by atoms with E-state index in [9.17, 15) is 4.21 Å². The molecule has 1 N–H and O–H groups in total. The van der Waals surface area contributed by atoms with Gasteiger partial charge in [-0.05, 0) is 49.2 Å². The summed E-state index contributed by atoms with van der Waals surface area (Å²) >= 11 is 15.6. The van der Waals surface area contributed by atoms with Crippen LogP contribution in [0.2, 0.25) is 5.15 Å². The number of nitrogens with one attached hydrogen (secondary N) is 1. The molecule has 0 spiro atoms. The number of nitriles is 1. The first-order chi connectivity index (χ1) is 14.8. The van der Waals surface area contributed by atoms with E-state index in [0.717, 1.165) is 11.1 Å².